The number of rotatable bonds is 4. The smallest absolute Gasteiger partial charge is 0.257 e. The molecule has 0 saturated heterocycles. The topological polar surface area (TPSA) is 77.2 Å². The van der Waals surface area contributed by atoms with Gasteiger partial charge in [0.15, 0.2) is 0 Å². The van der Waals surface area contributed by atoms with Gasteiger partial charge in [0.05, 0.1) is 6.61 Å². The highest BCUT2D eigenvalue weighted by atomic mass is 16.5. The first-order valence-corrected chi connectivity index (χ1v) is 5.95. The molecule has 1 heterocycles. The van der Waals surface area contributed by atoms with E-state index in [0.29, 0.717) is 29.4 Å². The second-order valence-corrected chi connectivity index (χ2v) is 3.89. The Bertz CT molecular complexity index is 570. The summed E-state index contributed by atoms with van der Waals surface area (Å²) in [7, 11) is 0. The van der Waals surface area contributed by atoms with Crippen LogP contribution >= 0.6 is 0 Å². The van der Waals surface area contributed by atoms with Crippen LogP contribution in [0.1, 0.15) is 17.3 Å². The molecule has 19 heavy (non-hydrogen) atoms. The third-order valence-electron chi connectivity index (χ3n) is 2.41. The number of amides is 1. The monoisotopic (exact) mass is 257 g/mol. The quantitative estimate of drug-likeness (QED) is 0.824. The maximum Gasteiger partial charge on any atom is 0.257 e. The number of nitrogen functional groups attached to an aromatic ring is 1. The van der Waals surface area contributed by atoms with Crippen LogP contribution in [0.2, 0.25) is 0 Å². The summed E-state index contributed by atoms with van der Waals surface area (Å²) in [6.07, 6.45) is 1.61. The number of pyridine rings is 1. The molecular formula is C14H15N3O2. The molecule has 0 radical (unpaired) electrons. The van der Waals surface area contributed by atoms with Gasteiger partial charge in [-0.25, -0.2) is 4.98 Å². The van der Waals surface area contributed by atoms with Crippen molar-refractivity contribution in [2.75, 3.05) is 17.7 Å². The van der Waals surface area contributed by atoms with Crippen LogP contribution in [-0.4, -0.2) is 17.5 Å². The molecular weight excluding hydrogens is 242 g/mol. The van der Waals surface area contributed by atoms with Gasteiger partial charge in [-0.1, -0.05) is 6.07 Å². The van der Waals surface area contributed by atoms with Gasteiger partial charge in [-0.05, 0) is 31.2 Å². The lowest BCUT2D eigenvalue weighted by molar-refractivity contribution is 0.102. The number of nitrogens with one attached hydrogen (secondary N) is 1. The summed E-state index contributed by atoms with van der Waals surface area (Å²) in [6, 6.07) is 10.2. The van der Waals surface area contributed by atoms with Gasteiger partial charge >= 0.3 is 0 Å². The maximum atomic E-state index is 12.1. The number of carbonyl (C=O) groups is 1. The molecule has 0 atom stereocenters. The van der Waals surface area contributed by atoms with Gasteiger partial charge < -0.3 is 15.8 Å². The summed E-state index contributed by atoms with van der Waals surface area (Å²) in [6.45, 7) is 2.39. The van der Waals surface area contributed by atoms with Crippen LogP contribution in [-0.2, 0) is 0 Å². The van der Waals surface area contributed by atoms with Crippen molar-refractivity contribution in [2.24, 2.45) is 0 Å². The average Bonchev–Trinajstić information content (AvgIpc) is 2.39. The Morgan fingerprint density at radius 3 is 2.89 bits per heavy atom. The zero-order valence-corrected chi connectivity index (χ0v) is 10.6. The Morgan fingerprint density at radius 2 is 2.21 bits per heavy atom. The molecule has 5 nitrogen and oxygen atoms in total. The highest BCUT2D eigenvalue weighted by Gasteiger charge is 2.09. The molecule has 1 aromatic carbocycles. The molecule has 0 aliphatic carbocycles. The number of carbonyl (C=O) groups excluding carboxylic acids is 1. The van der Waals surface area contributed by atoms with E-state index in [2.05, 4.69) is 10.3 Å². The second-order valence-electron chi connectivity index (χ2n) is 3.89. The van der Waals surface area contributed by atoms with Crippen LogP contribution in [0.15, 0.2) is 42.6 Å². The minimum Gasteiger partial charge on any atom is -0.494 e. The Hall–Kier alpha value is -2.56. The van der Waals surface area contributed by atoms with E-state index in [1.54, 1.807) is 42.6 Å². The molecule has 1 amide bonds. The van der Waals surface area contributed by atoms with E-state index in [0.717, 1.165) is 0 Å². The molecule has 1 aromatic heterocycles. The van der Waals surface area contributed by atoms with Crippen LogP contribution in [0.3, 0.4) is 0 Å². The first-order valence-electron chi connectivity index (χ1n) is 5.95. The fourth-order valence-electron chi connectivity index (χ4n) is 1.63. The van der Waals surface area contributed by atoms with Crippen LogP contribution in [0.25, 0.3) is 0 Å². The summed E-state index contributed by atoms with van der Waals surface area (Å²) in [5.74, 6) is 0.800. The Kier molecular flexibility index (Phi) is 3.97. The van der Waals surface area contributed by atoms with Gasteiger partial charge in [0.1, 0.15) is 11.6 Å². The van der Waals surface area contributed by atoms with E-state index in [9.17, 15) is 4.79 Å². The molecule has 98 valence electrons. The number of ether oxygens (including phenoxy) is 1. The largest absolute Gasteiger partial charge is 0.494 e. The molecule has 0 saturated carbocycles. The van der Waals surface area contributed by atoms with Crippen molar-refractivity contribution in [1.82, 2.24) is 4.98 Å². The third-order valence-corrected chi connectivity index (χ3v) is 2.41. The minimum absolute atomic E-state index is 0.271. The summed E-state index contributed by atoms with van der Waals surface area (Å²) in [4.78, 5) is 16.1. The zero-order chi connectivity index (χ0) is 13.7. The first kappa shape index (κ1) is 12.9. The summed E-state index contributed by atoms with van der Waals surface area (Å²) < 4.78 is 5.35. The van der Waals surface area contributed by atoms with Gasteiger partial charge in [-0.3, -0.25) is 4.79 Å². The SMILES string of the molecule is CCOc1cc(N)cc(C(=O)Nc2ccccn2)c1. The number of benzene rings is 1. The van der Waals surface area contributed by atoms with Crippen molar-refractivity contribution in [3.8, 4) is 5.75 Å². The predicted molar refractivity (Wildman–Crippen MR) is 74.2 cm³/mol. The van der Waals surface area contributed by atoms with E-state index in [1.165, 1.54) is 0 Å². The molecule has 0 unspecified atom stereocenters. The van der Waals surface area contributed by atoms with Crippen molar-refractivity contribution < 1.29 is 9.53 Å². The van der Waals surface area contributed by atoms with Gasteiger partial charge in [-0.2, -0.15) is 0 Å². The van der Waals surface area contributed by atoms with Crippen molar-refractivity contribution in [3.05, 3.63) is 48.2 Å². The lowest BCUT2D eigenvalue weighted by Gasteiger charge is -2.08. The summed E-state index contributed by atoms with van der Waals surface area (Å²) >= 11 is 0. The van der Waals surface area contributed by atoms with E-state index >= 15 is 0 Å². The number of anilines is 2. The number of hydrogen-bond donors (Lipinski definition) is 2. The Balaban J connectivity index is 2.19. The first-order chi connectivity index (χ1) is 9.19. The van der Waals surface area contributed by atoms with Crippen molar-refractivity contribution in [2.45, 2.75) is 6.92 Å². The van der Waals surface area contributed by atoms with Gasteiger partial charge in [0.2, 0.25) is 0 Å². The molecule has 2 aromatic rings. The summed E-state index contributed by atoms with van der Waals surface area (Å²) in [5, 5.41) is 2.69. The van der Waals surface area contributed by atoms with Gasteiger partial charge in [0, 0.05) is 23.5 Å². The van der Waals surface area contributed by atoms with E-state index in [4.69, 9.17) is 10.5 Å². The van der Waals surface area contributed by atoms with Crippen molar-refractivity contribution in [1.29, 1.82) is 0 Å². The fraction of sp³-hybridized carbons (Fsp3) is 0.143. The Morgan fingerprint density at radius 1 is 1.37 bits per heavy atom. The van der Waals surface area contributed by atoms with Crippen LogP contribution in [0, 0.1) is 0 Å². The highest BCUT2D eigenvalue weighted by Crippen LogP contribution is 2.19. The molecule has 0 aliphatic heterocycles. The molecule has 3 N–H and O–H groups in total. The number of hydrogen-bond acceptors (Lipinski definition) is 4. The Labute approximate surface area is 111 Å². The maximum absolute atomic E-state index is 12.1. The van der Waals surface area contributed by atoms with Crippen LogP contribution in [0.4, 0.5) is 11.5 Å². The molecule has 0 fully saturated rings. The van der Waals surface area contributed by atoms with E-state index in [-0.39, 0.29) is 5.91 Å². The standard InChI is InChI=1S/C14H15N3O2/c1-2-19-12-8-10(7-11(15)9-12)14(18)17-13-5-3-4-6-16-13/h3-9H,2,15H2,1H3,(H,16,17,18). The lowest BCUT2D eigenvalue weighted by atomic mass is 10.1. The number of aromatic nitrogens is 1. The predicted octanol–water partition coefficient (Wildman–Crippen LogP) is 2.31. The minimum atomic E-state index is -0.271. The van der Waals surface area contributed by atoms with Crippen LogP contribution < -0.4 is 15.8 Å². The molecule has 5 heteroatoms. The average molecular weight is 257 g/mol. The normalized spacial score (nSPS) is 9.95. The highest BCUT2D eigenvalue weighted by molar-refractivity contribution is 6.04. The molecule has 2 rings (SSSR count). The second kappa shape index (κ2) is 5.86. The van der Waals surface area contributed by atoms with Gasteiger partial charge in [0.25, 0.3) is 5.91 Å². The van der Waals surface area contributed by atoms with Crippen molar-refractivity contribution in [3.63, 3.8) is 0 Å². The van der Waals surface area contributed by atoms with E-state index < -0.39 is 0 Å². The fourth-order valence-corrected chi connectivity index (χ4v) is 1.63. The number of nitrogens with zero attached hydrogens (tertiary/aromatic N) is 1. The molecule has 0 bridgehead atoms. The van der Waals surface area contributed by atoms with Crippen LogP contribution in [0.5, 0.6) is 5.75 Å². The van der Waals surface area contributed by atoms with E-state index in [1.807, 2.05) is 6.92 Å². The summed E-state index contributed by atoms with van der Waals surface area (Å²) in [5.41, 5.74) is 6.67. The number of nitrogens with two attached hydrogens (primary N) is 1. The van der Waals surface area contributed by atoms with Crippen molar-refractivity contribution >= 4 is 17.4 Å². The zero-order valence-electron chi connectivity index (χ0n) is 10.6. The molecule has 0 aliphatic rings. The lowest BCUT2D eigenvalue weighted by Crippen LogP contribution is -2.13. The third kappa shape index (κ3) is 3.45. The van der Waals surface area contributed by atoms with Gasteiger partial charge in [-0.15, -0.1) is 0 Å². The molecule has 0 spiro atoms.